The quantitative estimate of drug-likeness (QED) is 0.391. The fraction of sp³-hybridized carbons (Fsp3) is 0.375. The molecule has 188 valence electrons. The highest BCUT2D eigenvalue weighted by Gasteiger charge is 2.47. The number of amides is 2. The van der Waals surface area contributed by atoms with E-state index < -0.39 is 64.3 Å². The minimum Gasteiger partial charge on any atom is -0.746 e. The van der Waals surface area contributed by atoms with Crippen LogP contribution >= 0.6 is 0 Å². The summed E-state index contributed by atoms with van der Waals surface area (Å²) in [6, 6.07) is 3.01. The number of pyridine rings is 1. The van der Waals surface area contributed by atoms with E-state index in [1.54, 1.807) is 0 Å². The van der Waals surface area contributed by atoms with Gasteiger partial charge >= 0.3 is 0 Å². The molecule has 2 bridgehead atoms. The van der Waals surface area contributed by atoms with Crippen molar-refractivity contribution in [2.45, 2.75) is 57.6 Å². The van der Waals surface area contributed by atoms with Crippen LogP contribution in [0, 0.1) is 34.6 Å². The number of hydroxylamine groups is 1. The molecule has 0 radical (unpaired) electrons. The van der Waals surface area contributed by atoms with Crippen LogP contribution in [0.5, 0.6) is 0 Å². The highest BCUT2D eigenvalue weighted by atomic mass is 19.1. The molecule has 3 aliphatic rings. The third-order valence-corrected chi connectivity index (χ3v) is 6.65. The predicted octanol–water partition coefficient (Wildman–Crippen LogP) is 2.21. The zero-order valence-electron chi connectivity index (χ0n) is 19.0. The summed E-state index contributed by atoms with van der Waals surface area (Å²) in [7, 11) is 0. The van der Waals surface area contributed by atoms with Gasteiger partial charge in [0, 0.05) is 42.5 Å². The molecule has 1 saturated carbocycles. The van der Waals surface area contributed by atoms with Gasteiger partial charge in [0.15, 0.2) is 6.23 Å². The Kier molecular flexibility index (Phi) is 5.97. The Labute approximate surface area is 203 Å². The molecule has 3 heterocycles. The number of hydrogen-bond acceptors (Lipinski definition) is 6. The van der Waals surface area contributed by atoms with Crippen molar-refractivity contribution in [3.63, 3.8) is 0 Å². The summed E-state index contributed by atoms with van der Waals surface area (Å²) in [5.41, 5.74) is -3.04. The number of nitrogens with one attached hydrogen (secondary N) is 1. The molecule has 12 heteroatoms. The van der Waals surface area contributed by atoms with Gasteiger partial charge in [0.1, 0.15) is 34.4 Å². The molecule has 9 nitrogen and oxygen atoms in total. The second-order valence-electron chi connectivity index (χ2n) is 8.80. The number of carbonyl (C=O) groups is 2. The molecular formula is C24H20F3N4O5-. The number of fused-ring (bicyclic) bond motifs is 5. The fourth-order valence-electron chi connectivity index (χ4n) is 5.07. The van der Waals surface area contributed by atoms with Gasteiger partial charge in [-0.3, -0.25) is 14.4 Å². The van der Waals surface area contributed by atoms with E-state index in [0.717, 1.165) is 19.0 Å². The standard InChI is InChI=1S/C24H20F3N4O5/c1-2-5-30(35)20-21-24(34)31-13-3-4-14(8-13)36-19(31)11-29(21)10-16(22(20)32)23(33)28-9-15-17(26)6-12(25)7-18(15)27/h6-7,10,13-14,19H,3-4,8-9,11H2,1H3,(H,28,33)/q-1/t13-,14-,19?/m0/s1. The van der Waals surface area contributed by atoms with E-state index in [0.29, 0.717) is 18.6 Å². The number of benzene rings is 1. The number of rotatable bonds is 4. The molecule has 3 atom stereocenters. The Morgan fingerprint density at radius 1 is 1.25 bits per heavy atom. The Balaban J connectivity index is 1.54. The third-order valence-electron chi connectivity index (χ3n) is 6.65. The molecule has 2 aromatic rings. The normalized spacial score (nSPS) is 21.9. The highest BCUT2D eigenvalue weighted by molar-refractivity contribution is 6.02. The lowest BCUT2D eigenvalue weighted by molar-refractivity contribution is -0.131. The van der Waals surface area contributed by atoms with Gasteiger partial charge in [0.05, 0.1) is 12.6 Å². The smallest absolute Gasteiger partial charge is 0.275 e. The summed E-state index contributed by atoms with van der Waals surface area (Å²) in [6.07, 6.45) is 2.66. The molecule has 0 spiro atoms. The molecule has 1 N–H and O–H groups in total. The summed E-state index contributed by atoms with van der Waals surface area (Å²) in [4.78, 5) is 41.2. The van der Waals surface area contributed by atoms with Crippen LogP contribution in [0.3, 0.4) is 0 Å². The predicted molar refractivity (Wildman–Crippen MR) is 120 cm³/mol. The van der Waals surface area contributed by atoms with Gasteiger partial charge < -0.3 is 29.8 Å². The van der Waals surface area contributed by atoms with Crippen LogP contribution < -0.4 is 15.8 Å². The number of carbonyl (C=O) groups excluding carboxylic acids is 2. The average Bonchev–Trinajstić information content (AvgIpc) is 3.19. The molecule has 5 rings (SSSR count). The lowest BCUT2D eigenvalue weighted by Gasteiger charge is -2.45. The van der Waals surface area contributed by atoms with Crippen LogP contribution in [0.25, 0.3) is 0 Å². The lowest BCUT2D eigenvalue weighted by Crippen LogP contribution is -2.57. The zero-order valence-corrected chi connectivity index (χ0v) is 19.0. The zero-order chi connectivity index (χ0) is 25.7. The van der Waals surface area contributed by atoms with E-state index in [9.17, 15) is 32.8 Å². The van der Waals surface area contributed by atoms with Crippen molar-refractivity contribution in [1.29, 1.82) is 0 Å². The summed E-state index contributed by atoms with van der Waals surface area (Å²) in [5, 5.41) is 15.0. The van der Waals surface area contributed by atoms with Gasteiger partial charge in [0.25, 0.3) is 11.8 Å². The summed E-state index contributed by atoms with van der Waals surface area (Å²) in [6.45, 7) is 0.744. The molecule has 1 aliphatic carbocycles. The summed E-state index contributed by atoms with van der Waals surface area (Å²) in [5.74, 6) is -2.81. The highest BCUT2D eigenvalue weighted by Crippen LogP contribution is 2.39. The van der Waals surface area contributed by atoms with Crippen LogP contribution in [-0.4, -0.2) is 39.7 Å². The van der Waals surface area contributed by atoms with Crippen molar-refractivity contribution >= 4 is 17.5 Å². The largest absolute Gasteiger partial charge is 0.746 e. The number of hydrogen-bond donors (Lipinski definition) is 1. The van der Waals surface area contributed by atoms with E-state index in [1.165, 1.54) is 16.4 Å². The first-order valence-corrected chi connectivity index (χ1v) is 11.3. The number of nitrogens with zero attached hydrogens (tertiary/aromatic N) is 3. The van der Waals surface area contributed by atoms with Crippen molar-refractivity contribution < 1.29 is 27.5 Å². The van der Waals surface area contributed by atoms with Crippen LogP contribution in [0.1, 0.15) is 52.6 Å². The summed E-state index contributed by atoms with van der Waals surface area (Å²) < 4.78 is 48.4. The van der Waals surface area contributed by atoms with Crippen LogP contribution in [-0.2, 0) is 17.8 Å². The Morgan fingerprint density at radius 2 is 1.97 bits per heavy atom. The van der Waals surface area contributed by atoms with Crippen LogP contribution in [0.2, 0.25) is 0 Å². The van der Waals surface area contributed by atoms with Gasteiger partial charge in [-0.15, -0.1) is 0 Å². The molecule has 1 unspecified atom stereocenters. The van der Waals surface area contributed by atoms with E-state index in [1.807, 2.05) is 0 Å². The SMILES string of the molecule is CC#CN([O-])c1c2n(cc(C(=O)NCc3c(F)cc(F)cc3F)c1=O)CC1O[C@H]3CC[C@@H](C3)N1C2=O. The lowest BCUT2D eigenvalue weighted by atomic mass is 10.1. The molecule has 2 fully saturated rings. The molecule has 1 saturated heterocycles. The number of aromatic nitrogens is 1. The van der Waals surface area contributed by atoms with Crippen molar-refractivity contribution in [2.75, 3.05) is 5.06 Å². The van der Waals surface area contributed by atoms with Crippen molar-refractivity contribution in [2.24, 2.45) is 0 Å². The average molecular weight is 501 g/mol. The Hall–Kier alpha value is -3.82. The van der Waals surface area contributed by atoms with E-state index in [4.69, 9.17) is 4.74 Å². The number of anilines is 1. The number of halogens is 3. The van der Waals surface area contributed by atoms with Crippen LogP contribution in [0.4, 0.5) is 18.9 Å². The van der Waals surface area contributed by atoms with E-state index >= 15 is 0 Å². The molecule has 1 aromatic carbocycles. The van der Waals surface area contributed by atoms with Gasteiger partial charge in [-0.05, 0) is 26.2 Å². The maximum Gasteiger partial charge on any atom is 0.275 e. The minimum atomic E-state index is -1.21. The number of ether oxygens (including phenoxy) is 1. The van der Waals surface area contributed by atoms with Gasteiger partial charge in [-0.2, -0.15) is 0 Å². The molecule has 36 heavy (non-hydrogen) atoms. The molecule has 2 aliphatic heterocycles. The maximum absolute atomic E-state index is 14.0. The third kappa shape index (κ3) is 3.90. The maximum atomic E-state index is 14.0. The first kappa shape index (κ1) is 23.9. The first-order valence-electron chi connectivity index (χ1n) is 11.3. The Bertz CT molecular complexity index is 1380. The molecule has 2 amide bonds. The van der Waals surface area contributed by atoms with Gasteiger partial charge in [0.2, 0.25) is 5.43 Å². The van der Waals surface area contributed by atoms with Crippen LogP contribution in [0.15, 0.2) is 23.1 Å². The van der Waals surface area contributed by atoms with Gasteiger partial charge in [-0.1, -0.05) is 5.92 Å². The fourth-order valence-corrected chi connectivity index (χ4v) is 5.07. The van der Waals surface area contributed by atoms with Crippen molar-refractivity contribution in [3.05, 3.63) is 68.0 Å². The topological polar surface area (TPSA) is 107 Å². The van der Waals surface area contributed by atoms with E-state index in [2.05, 4.69) is 17.3 Å². The molecular weight excluding hydrogens is 481 g/mol. The second kappa shape index (κ2) is 9.00. The first-order chi connectivity index (χ1) is 17.2. The van der Waals surface area contributed by atoms with Crippen molar-refractivity contribution in [1.82, 2.24) is 14.8 Å². The minimum absolute atomic E-state index is 0.00492. The van der Waals surface area contributed by atoms with Gasteiger partial charge in [-0.25, -0.2) is 13.2 Å². The molecule has 1 aromatic heterocycles. The van der Waals surface area contributed by atoms with Crippen molar-refractivity contribution in [3.8, 4) is 12.0 Å². The van der Waals surface area contributed by atoms with E-state index in [-0.39, 0.29) is 29.4 Å². The second-order valence-corrected chi connectivity index (χ2v) is 8.80. The monoisotopic (exact) mass is 501 g/mol. The Morgan fingerprint density at radius 3 is 2.67 bits per heavy atom. The summed E-state index contributed by atoms with van der Waals surface area (Å²) >= 11 is 0.